The van der Waals surface area contributed by atoms with Crippen LogP contribution in [-0.4, -0.2) is 16.2 Å². The first-order valence-corrected chi connectivity index (χ1v) is 6.11. The van der Waals surface area contributed by atoms with Crippen LogP contribution in [0.15, 0.2) is 35.7 Å². The molecule has 0 aliphatic heterocycles. The predicted octanol–water partition coefficient (Wildman–Crippen LogP) is 3.34. The smallest absolute Gasteiger partial charge is 0.124 e. The SMILES string of the molecule is CC(O)/C=C/c1csc(-c2ccc(F)cc2)n1. The van der Waals surface area contributed by atoms with Crippen LogP contribution in [-0.2, 0) is 0 Å². The third kappa shape index (κ3) is 3.22. The number of aliphatic hydroxyl groups is 1. The molecule has 2 nitrogen and oxygen atoms in total. The summed E-state index contributed by atoms with van der Waals surface area (Å²) in [6, 6.07) is 6.25. The molecule has 1 aromatic carbocycles. The van der Waals surface area contributed by atoms with Gasteiger partial charge in [-0.3, -0.25) is 0 Å². The molecule has 1 unspecified atom stereocenters. The van der Waals surface area contributed by atoms with Gasteiger partial charge in [-0.2, -0.15) is 0 Å². The second kappa shape index (κ2) is 5.21. The van der Waals surface area contributed by atoms with E-state index in [1.807, 2.05) is 5.38 Å². The first-order chi connectivity index (χ1) is 8.15. The summed E-state index contributed by atoms with van der Waals surface area (Å²) in [7, 11) is 0. The maximum absolute atomic E-state index is 12.8. The first kappa shape index (κ1) is 12.0. The minimum Gasteiger partial charge on any atom is -0.389 e. The minimum atomic E-state index is -0.481. The highest BCUT2D eigenvalue weighted by Crippen LogP contribution is 2.24. The first-order valence-electron chi connectivity index (χ1n) is 5.23. The van der Waals surface area contributed by atoms with Crippen molar-refractivity contribution in [1.82, 2.24) is 4.98 Å². The van der Waals surface area contributed by atoms with Crippen LogP contribution in [0.5, 0.6) is 0 Å². The fourth-order valence-corrected chi connectivity index (χ4v) is 2.12. The van der Waals surface area contributed by atoms with Crippen molar-refractivity contribution in [3.05, 3.63) is 47.2 Å². The summed E-state index contributed by atoms with van der Waals surface area (Å²) in [5.41, 5.74) is 1.70. The van der Waals surface area contributed by atoms with Gasteiger partial charge in [0.1, 0.15) is 10.8 Å². The molecule has 0 radical (unpaired) electrons. The Labute approximate surface area is 103 Å². The molecule has 0 spiro atoms. The molecule has 0 saturated heterocycles. The summed E-state index contributed by atoms with van der Waals surface area (Å²) in [4.78, 5) is 4.38. The van der Waals surface area contributed by atoms with Crippen molar-refractivity contribution in [2.75, 3.05) is 0 Å². The van der Waals surface area contributed by atoms with E-state index in [1.165, 1.54) is 23.5 Å². The Balaban J connectivity index is 2.21. The summed E-state index contributed by atoms with van der Waals surface area (Å²) < 4.78 is 12.8. The molecular formula is C13H12FNOS. The average Bonchev–Trinajstić information content (AvgIpc) is 2.76. The lowest BCUT2D eigenvalue weighted by Crippen LogP contribution is -1.91. The van der Waals surface area contributed by atoms with Crippen LogP contribution in [0, 0.1) is 5.82 Å². The summed E-state index contributed by atoms with van der Waals surface area (Å²) in [5, 5.41) is 11.9. The molecule has 1 aromatic heterocycles. The second-order valence-electron chi connectivity index (χ2n) is 3.68. The van der Waals surface area contributed by atoms with Gasteiger partial charge in [0.2, 0.25) is 0 Å². The Kier molecular flexibility index (Phi) is 3.66. The van der Waals surface area contributed by atoms with E-state index in [0.29, 0.717) is 0 Å². The maximum atomic E-state index is 12.8. The van der Waals surface area contributed by atoms with Crippen LogP contribution < -0.4 is 0 Å². The van der Waals surface area contributed by atoms with Gasteiger partial charge in [0.15, 0.2) is 0 Å². The molecule has 0 aliphatic carbocycles. The highest BCUT2D eigenvalue weighted by molar-refractivity contribution is 7.13. The Morgan fingerprint density at radius 1 is 1.35 bits per heavy atom. The van der Waals surface area contributed by atoms with E-state index in [9.17, 15) is 4.39 Å². The third-order valence-corrected chi connectivity index (χ3v) is 3.07. The van der Waals surface area contributed by atoms with Crippen molar-refractivity contribution in [2.24, 2.45) is 0 Å². The molecule has 2 aromatic rings. The molecule has 0 aliphatic rings. The summed E-state index contributed by atoms with van der Waals surface area (Å²) in [6.07, 6.45) is 2.96. The lowest BCUT2D eigenvalue weighted by Gasteiger charge is -1.95. The van der Waals surface area contributed by atoms with E-state index in [-0.39, 0.29) is 5.82 Å². The van der Waals surface area contributed by atoms with E-state index in [4.69, 9.17) is 5.11 Å². The molecule has 1 atom stereocenters. The number of hydrogen-bond acceptors (Lipinski definition) is 3. The van der Waals surface area contributed by atoms with Gasteiger partial charge < -0.3 is 5.11 Å². The molecule has 1 N–H and O–H groups in total. The Morgan fingerprint density at radius 3 is 2.71 bits per heavy atom. The zero-order valence-electron chi connectivity index (χ0n) is 9.30. The number of thiazole rings is 1. The van der Waals surface area contributed by atoms with E-state index < -0.39 is 6.10 Å². The molecule has 88 valence electrons. The minimum absolute atomic E-state index is 0.250. The van der Waals surface area contributed by atoms with Gasteiger partial charge in [0, 0.05) is 10.9 Å². The topological polar surface area (TPSA) is 33.1 Å². The quantitative estimate of drug-likeness (QED) is 0.905. The van der Waals surface area contributed by atoms with E-state index in [0.717, 1.165) is 16.3 Å². The van der Waals surface area contributed by atoms with Gasteiger partial charge in [-0.05, 0) is 37.3 Å². The Hall–Kier alpha value is -1.52. The zero-order chi connectivity index (χ0) is 12.3. The van der Waals surface area contributed by atoms with Crippen LogP contribution in [0.3, 0.4) is 0 Å². The fraction of sp³-hybridized carbons (Fsp3) is 0.154. The van der Waals surface area contributed by atoms with Crippen LogP contribution in [0.25, 0.3) is 16.6 Å². The normalized spacial score (nSPS) is 13.1. The van der Waals surface area contributed by atoms with Gasteiger partial charge in [-0.1, -0.05) is 6.08 Å². The molecule has 0 amide bonds. The molecule has 2 rings (SSSR count). The number of halogens is 1. The van der Waals surface area contributed by atoms with Crippen molar-refractivity contribution in [1.29, 1.82) is 0 Å². The molecule has 4 heteroatoms. The van der Waals surface area contributed by atoms with Crippen molar-refractivity contribution < 1.29 is 9.50 Å². The van der Waals surface area contributed by atoms with Crippen molar-refractivity contribution in [3.63, 3.8) is 0 Å². The van der Waals surface area contributed by atoms with Gasteiger partial charge in [-0.25, -0.2) is 9.37 Å². The molecule has 0 saturated carbocycles. The van der Waals surface area contributed by atoms with Crippen LogP contribution in [0.4, 0.5) is 4.39 Å². The van der Waals surface area contributed by atoms with Gasteiger partial charge >= 0.3 is 0 Å². The van der Waals surface area contributed by atoms with Gasteiger partial charge in [0.25, 0.3) is 0 Å². The number of aromatic nitrogens is 1. The van der Waals surface area contributed by atoms with E-state index >= 15 is 0 Å². The molecule has 0 fully saturated rings. The standard InChI is InChI=1S/C13H12FNOS/c1-9(16)2-7-12-8-17-13(15-12)10-3-5-11(14)6-4-10/h2-9,16H,1H3/b7-2+. The Bertz CT molecular complexity index is 516. The van der Waals surface area contributed by atoms with Crippen molar-refractivity contribution in [2.45, 2.75) is 13.0 Å². The van der Waals surface area contributed by atoms with Crippen molar-refractivity contribution in [3.8, 4) is 10.6 Å². The number of rotatable bonds is 3. The lowest BCUT2D eigenvalue weighted by atomic mass is 10.2. The average molecular weight is 249 g/mol. The summed E-state index contributed by atoms with van der Waals surface area (Å²) in [5.74, 6) is -0.250. The summed E-state index contributed by atoms with van der Waals surface area (Å²) in [6.45, 7) is 1.68. The maximum Gasteiger partial charge on any atom is 0.124 e. The third-order valence-electron chi connectivity index (χ3n) is 2.16. The van der Waals surface area contributed by atoms with Crippen LogP contribution in [0.1, 0.15) is 12.6 Å². The summed E-state index contributed by atoms with van der Waals surface area (Å²) >= 11 is 1.49. The van der Waals surface area contributed by atoms with Gasteiger partial charge in [-0.15, -0.1) is 11.3 Å². The molecule has 17 heavy (non-hydrogen) atoms. The lowest BCUT2D eigenvalue weighted by molar-refractivity contribution is 0.245. The number of benzene rings is 1. The zero-order valence-corrected chi connectivity index (χ0v) is 10.1. The predicted molar refractivity (Wildman–Crippen MR) is 68.2 cm³/mol. The number of nitrogens with zero attached hydrogens (tertiary/aromatic N) is 1. The van der Waals surface area contributed by atoms with Gasteiger partial charge in [0.05, 0.1) is 11.8 Å². The highest BCUT2D eigenvalue weighted by atomic mass is 32.1. The molecule has 1 heterocycles. The molecule has 0 bridgehead atoms. The van der Waals surface area contributed by atoms with E-state index in [1.54, 1.807) is 31.2 Å². The van der Waals surface area contributed by atoms with Crippen molar-refractivity contribution >= 4 is 17.4 Å². The van der Waals surface area contributed by atoms with Crippen LogP contribution in [0.2, 0.25) is 0 Å². The number of aliphatic hydroxyl groups excluding tert-OH is 1. The monoisotopic (exact) mass is 249 g/mol. The second-order valence-corrected chi connectivity index (χ2v) is 4.54. The molecular weight excluding hydrogens is 237 g/mol. The van der Waals surface area contributed by atoms with E-state index in [2.05, 4.69) is 4.98 Å². The fourth-order valence-electron chi connectivity index (χ4n) is 1.33. The number of hydrogen-bond donors (Lipinski definition) is 1. The Morgan fingerprint density at radius 2 is 2.06 bits per heavy atom. The largest absolute Gasteiger partial charge is 0.389 e. The highest BCUT2D eigenvalue weighted by Gasteiger charge is 2.03. The van der Waals surface area contributed by atoms with Crippen LogP contribution >= 0.6 is 11.3 Å².